The van der Waals surface area contributed by atoms with Crippen LogP contribution in [0.1, 0.15) is 18.4 Å². The van der Waals surface area contributed by atoms with Crippen molar-refractivity contribution >= 4 is 11.6 Å². The highest BCUT2D eigenvalue weighted by Crippen LogP contribution is 2.21. The van der Waals surface area contributed by atoms with E-state index >= 15 is 0 Å². The summed E-state index contributed by atoms with van der Waals surface area (Å²) in [4.78, 5) is 14.2. The largest absolute Gasteiger partial charge is 0.399 e. The average molecular weight is 264 g/mol. The summed E-state index contributed by atoms with van der Waals surface area (Å²) < 4.78 is 5.35. The maximum Gasteiger partial charge on any atom is 0.230 e. The summed E-state index contributed by atoms with van der Waals surface area (Å²) in [5, 5.41) is 9.10. The van der Waals surface area contributed by atoms with E-state index in [9.17, 15) is 4.79 Å². The molecule has 1 aliphatic heterocycles. The first-order valence-electron chi connectivity index (χ1n) is 6.48. The third-order valence-corrected chi connectivity index (χ3v) is 3.44. The van der Waals surface area contributed by atoms with Crippen LogP contribution in [0.2, 0.25) is 0 Å². The van der Waals surface area contributed by atoms with E-state index in [1.54, 1.807) is 11.0 Å². The lowest BCUT2D eigenvalue weighted by atomic mass is 9.99. The molecule has 0 aliphatic carbocycles. The SMILES string of the molecule is CC(C(=O)N1CCOC(CO)C1)c1cccc(N)c1. The topological polar surface area (TPSA) is 75.8 Å². The van der Waals surface area contributed by atoms with Gasteiger partial charge in [0.05, 0.1) is 25.2 Å². The molecular formula is C14H20N2O3. The number of benzene rings is 1. The molecule has 2 atom stereocenters. The Balaban J connectivity index is 2.06. The van der Waals surface area contributed by atoms with Crippen LogP contribution in [0, 0.1) is 0 Å². The Labute approximate surface area is 113 Å². The number of nitrogens with zero attached hydrogens (tertiary/aromatic N) is 1. The fraction of sp³-hybridized carbons (Fsp3) is 0.500. The van der Waals surface area contributed by atoms with Crippen molar-refractivity contribution in [2.24, 2.45) is 0 Å². The minimum atomic E-state index is -0.272. The van der Waals surface area contributed by atoms with E-state index < -0.39 is 0 Å². The summed E-state index contributed by atoms with van der Waals surface area (Å²) in [6, 6.07) is 7.39. The van der Waals surface area contributed by atoms with Crippen molar-refractivity contribution < 1.29 is 14.6 Å². The predicted molar refractivity (Wildman–Crippen MR) is 72.7 cm³/mol. The third kappa shape index (κ3) is 3.24. The molecule has 104 valence electrons. The van der Waals surface area contributed by atoms with Gasteiger partial charge < -0.3 is 20.5 Å². The number of morpholine rings is 1. The summed E-state index contributed by atoms with van der Waals surface area (Å²) in [7, 11) is 0. The van der Waals surface area contributed by atoms with Gasteiger partial charge in [-0.15, -0.1) is 0 Å². The number of carbonyl (C=O) groups is 1. The second kappa shape index (κ2) is 6.04. The Kier molecular flexibility index (Phi) is 4.39. The van der Waals surface area contributed by atoms with Crippen molar-refractivity contribution in [1.29, 1.82) is 0 Å². The fourth-order valence-electron chi connectivity index (χ4n) is 2.27. The molecular weight excluding hydrogens is 244 g/mol. The van der Waals surface area contributed by atoms with E-state index in [4.69, 9.17) is 15.6 Å². The number of amides is 1. The molecule has 2 unspecified atom stereocenters. The van der Waals surface area contributed by atoms with Crippen molar-refractivity contribution in [3.8, 4) is 0 Å². The molecule has 1 heterocycles. The van der Waals surface area contributed by atoms with Crippen LogP contribution in [0.3, 0.4) is 0 Å². The molecule has 1 fully saturated rings. The van der Waals surface area contributed by atoms with E-state index in [1.165, 1.54) is 0 Å². The number of hydrogen-bond acceptors (Lipinski definition) is 4. The molecule has 1 aromatic carbocycles. The zero-order valence-electron chi connectivity index (χ0n) is 11.1. The monoisotopic (exact) mass is 264 g/mol. The van der Waals surface area contributed by atoms with Gasteiger partial charge in [0, 0.05) is 18.8 Å². The molecule has 0 radical (unpaired) electrons. The van der Waals surface area contributed by atoms with Crippen molar-refractivity contribution in [2.75, 3.05) is 32.0 Å². The van der Waals surface area contributed by atoms with Crippen molar-refractivity contribution in [1.82, 2.24) is 4.90 Å². The molecule has 0 spiro atoms. The minimum absolute atomic E-state index is 0.0485. The molecule has 5 heteroatoms. The molecule has 1 aliphatic rings. The van der Waals surface area contributed by atoms with Crippen molar-refractivity contribution in [3.05, 3.63) is 29.8 Å². The van der Waals surface area contributed by atoms with Crippen LogP contribution >= 0.6 is 0 Å². The van der Waals surface area contributed by atoms with Gasteiger partial charge in [-0.05, 0) is 24.6 Å². The van der Waals surface area contributed by atoms with Crippen LogP contribution < -0.4 is 5.73 Å². The zero-order chi connectivity index (χ0) is 13.8. The molecule has 0 bridgehead atoms. The number of nitrogens with two attached hydrogens (primary N) is 1. The van der Waals surface area contributed by atoms with E-state index in [0.717, 1.165) is 5.56 Å². The van der Waals surface area contributed by atoms with Gasteiger partial charge in [0.1, 0.15) is 0 Å². The molecule has 2 rings (SSSR count). The number of carbonyl (C=O) groups excluding carboxylic acids is 1. The van der Waals surface area contributed by atoms with Gasteiger partial charge in [0.2, 0.25) is 5.91 Å². The number of hydrogen-bond donors (Lipinski definition) is 2. The smallest absolute Gasteiger partial charge is 0.230 e. The maximum absolute atomic E-state index is 12.4. The van der Waals surface area contributed by atoms with Crippen LogP contribution in [-0.2, 0) is 9.53 Å². The molecule has 5 nitrogen and oxygen atoms in total. The van der Waals surface area contributed by atoms with Gasteiger partial charge >= 0.3 is 0 Å². The number of anilines is 1. The normalized spacial score (nSPS) is 21.2. The highest BCUT2D eigenvalue weighted by atomic mass is 16.5. The van der Waals surface area contributed by atoms with Gasteiger partial charge in [0.15, 0.2) is 0 Å². The Bertz CT molecular complexity index is 450. The zero-order valence-corrected chi connectivity index (χ0v) is 11.1. The Morgan fingerprint density at radius 2 is 2.42 bits per heavy atom. The van der Waals surface area contributed by atoms with Crippen molar-refractivity contribution in [2.45, 2.75) is 18.9 Å². The van der Waals surface area contributed by atoms with Crippen molar-refractivity contribution in [3.63, 3.8) is 0 Å². The predicted octanol–water partition coefficient (Wildman–Crippen LogP) is 0.592. The highest BCUT2D eigenvalue weighted by Gasteiger charge is 2.27. The highest BCUT2D eigenvalue weighted by molar-refractivity contribution is 5.83. The second-order valence-corrected chi connectivity index (χ2v) is 4.85. The lowest BCUT2D eigenvalue weighted by Gasteiger charge is -2.33. The molecule has 3 N–H and O–H groups in total. The third-order valence-electron chi connectivity index (χ3n) is 3.44. The molecule has 19 heavy (non-hydrogen) atoms. The van der Waals surface area contributed by atoms with Gasteiger partial charge in [-0.25, -0.2) is 0 Å². The van der Waals surface area contributed by atoms with Crippen LogP contribution in [0.5, 0.6) is 0 Å². The quantitative estimate of drug-likeness (QED) is 0.784. The lowest BCUT2D eigenvalue weighted by Crippen LogP contribution is -2.48. The van der Waals surface area contributed by atoms with E-state index in [2.05, 4.69) is 0 Å². The number of nitrogen functional groups attached to an aromatic ring is 1. The molecule has 1 aromatic rings. The Morgan fingerprint density at radius 3 is 3.11 bits per heavy atom. The van der Waals surface area contributed by atoms with Crippen LogP contribution in [0.25, 0.3) is 0 Å². The number of aliphatic hydroxyl groups is 1. The molecule has 1 amide bonds. The first-order chi connectivity index (χ1) is 9.11. The second-order valence-electron chi connectivity index (χ2n) is 4.85. The van der Waals surface area contributed by atoms with Gasteiger partial charge in [0.25, 0.3) is 0 Å². The summed E-state index contributed by atoms with van der Waals surface area (Å²) in [6.45, 7) is 3.31. The summed E-state index contributed by atoms with van der Waals surface area (Å²) in [5.74, 6) is -0.187. The minimum Gasteiger partial charge on any atom is -0.399 e. The van der Waals surface area contributed by atoms with E-state index in [-0.39, 0.29) is 24.5 Å². The number of rotatable bonds is 3. The van der Waals surface area contributed by atoms with Crippen LogP contribution in [-0.4, -0.2) is 48.3 Å². The molecule has 1 saturated heterocycles. The summed E-state index contributed by atoms with van der Waals surface area (Å²) in [6.07, 6.45) is -0.272. The number of ether oxygens (including phenoxy) is 1. The number of aliphatic hydroxyl groups excluding tert-OH is 1. The fourth-order valence-corrected chi connectivity index (χ4v) is 2.27. The molecule has 0 saturated carbocycles. The van der Waals surface area contributed by atoms with Gasteiger partial charge in [-0.3, -0.25) is 4.79 Å². The van der Waals surface area contributed by atoms with Crippen LogP contribution in [0.15, 0.2) is 24.3 Å². The standard InChI is InChI=1S/C14H20N2O3/c1-10(11-3-2-4-12(15)7-11)14(18)16-5-6-19-13(8-16)9-17/h2-4,7,10,13,17H,5-6,8-9,15H2,1H3. The summed E-state index contributed by atoms with van der Waals surface area (Å²) in [5.41, 5.74) is 7.31. The van der Waals surface area contributed by atoms with E-state index in [0.29, 0.717) is 25.4 Å². The first kappa shape index (κ1) is 13.8. The van der Waals surface area contributed by atoms with E-state index in [1.807, 2.05) is 25.1 Å². The average Bonchev–Trinajstić information content (AvgIpc) is 2.45. The maximum atomic E-state index is 12.4. The Morgan fingerprint density at radius 1 is 1.63 bits per heavy atom. The Hall–Kier alpha value is -1.59. The van der Waals surface area contributed by atoms with Gasteiger partial charge in [-0.2, -0.15) is 0 Å². The first-order valence-corrected chi connectivity index (χ1v) is 6.48. The van der Waals surface area contributed by atoms with Crippen LogP contribution in [0.4, 0.5) is 5.69 Å². The lowest BCUT2D eigenvalue weighted by molar-refractivity contribution is -0.141. The molecule has 0 aromatic heterocycles. The van der Waals surface area contributed by atoms with Gasteiger partial charge in [-0.1, -0.05) is 12.1 Å². The summed E-state index contributed by atoms with van der Waals surface area (Å²) >= 11 is 0.